The van der Waals surface area contributed by atoms with Crippen LogP contribution < -0.4 is 0 Å². The summed E-state index contributed by atoms with van der Waals surface area (Å²) in [6.07, 6.45) is 4.24. The molecule has 2 heteroatoms. The molecule has 2 atom stereocenters. The summed E-state index contributed by atoms with van der Waals surface area (Å²) in [5.41, 5.74) is 0. The van der Waals surface area contributed by atoms with E-state index in [0.29, 0.717) is 17.6 Å². The highest BCUT2D eigenvalue weighted by molar-refractivity contribution is 7.80. The highest BCUT2D eigenvalue weighted by Gasteiger charge is 2.26. The van der Waals surface area contributed by atoms with Gasteiger partial charge in [-0.2, -0.15) is 12.6 Å². The van der Waals surface area contributed by atoms with E-state index in [1.807, 2.05) is 0 Å². The predicted molar refractivity (Wildman–Crippen MR) is 50.0 cm³/mol. The standard InChI is InChI=1S/C9H16OS/c1-7(6-11)8-4-2-3-5-9(8)10/h7-8,11H,2-6H2,1H3. The van der Waals surface area contributed by atoms with E-state index in [4.69, 9.17) is 0 Å². The van der Waals surface area contributed by atoms with Crippen LogP contribution in [0.5, 0.6) is 0 Å². The Morgan fingerprint density at radius 2 is 2.36 bits per heavy atom. The number of Topliss-reactive ketones (excluding diaryl/α,β-unsaturated/α-hetero) is 1. The largest absolute Gasteiger partial charge is 0.299 e. The van der Waals surface area contributed by atoms with Crippen molar-refractivity contribution in [1.29, 1.82) is 0 Å². The van der Waals surface area contributed by atoms with Crippen molar-refractivity contribution < 1.29 is 4.79 Å². The molecule has 0 amide bonds. The summed E-state index contributed by atoms with van der Waals surface area (Å²) in [5.74, 6) is 2.11. The molecule has 0 radical (unpaired) electrons. The summed E-state index contributed by atoms with van der Waals surface area (Å²) >= 11 is 4.21. The lowest BCUT2D eigenvalue weighted by Crippen LogP contribution is -2.26. The van der Waals surface area contributed by atoms with Gasteiger partial charge in [0.1, 0.15) is 5.78 Å². The van der Waals surface area contributed by atoms with E-state index in [1.165, 1.54) is 6.42 Å². The zero-order valence-electron chi connectivity index (χ0n) is 7.05. The van der Waals surface area contributed by atoms with Gasteiger partial charge < -0.3 is 0 Å². The number of thiol groups is 1. The lowest BCUT2D eigenvalue weighted by Gasteiger charge is -2.24. The molecule has 0 aromatic carbocycles. The molecule has 0 bridgehead atoms. The first-order valence-electron chi connectivity index (χ1n) is 4.39. The first kappa shape index (κ1) is 9.11. The van der Waals surface area contributed by atoms with Crippen molar-refractivity contribution in [2.24, 2.45) is 11.8 Å². The quantitative estimate of drug-likeness (QED) is 0.632. The Kier molecular flexibility index (Phi) is 3.44. The van der Waals surface area contributed by atoms with Crippen molar-refractivity contribution in [3.63, 3.8) is 0 Å². The van der Waals surface area contributed by atoms with Gasteiger partial charge in [-0.3, -0.25) is 4.79 Å². The second kappa shape index (κ2) is 4.15. The maximum absolute atomic E-state index is 11.4. The average Bonchev–Trinajstić information content (AvgIpc) is 2.04. The molecule has 11 heavy (non-hydrogen) atoms. The normalized spacial score (nSPS) is 28.5. The first-order valence-corrected chi connectivity index (χ1v) is 5.02. The number of rotatable bonds is 2. The van der Waals surface area contributed by atoms with Crippen molar-refractivity contribution >= 4 is 18.4 Å². The van der Waals surface area contributed by atoms with Gasteiger partial charge >= 0.3 is 0 Å². The predicted octanol–water partition coefficient (Wildman–Crippen LogP) is 2.31. The van der Waals surface area contributed by atoms with Crippen LogP contribution in [0.2, 0.25) is 0 Å². The van der Waals surface area contributed by atoms with E-state index in [2.05, 4.69) is 19.6 Å². The van der Waals surface area contributed by atoms with Crippen LogP contribution >= 0.6 is 12.6 Å². The topological polar surface area (TPSA) is 17.1 Å². The third-order valence-electron chi connectivity index (χ3n) is 2.58. The number of carbonyl (C=O) groups is 1. The molecular formula is C9H16OS. The van der Waals surface area contributed by atoms with Gasteiger partial charge in [-0.25, -0.2) is 0 Å². The molecule has 0 saturated heterocycles. The van der Waals surface area contributed by atoms with Crippen LogP contribution in [0.4, 0.5) is 0 Å². The van der Waals surface area contributed by atoms with Crippen LogP contribution in [0.3, 0.4) is 0 Å². The van der Waals surface area contributed by atoms with E-state index >= 15 is 0 Å². The Labute approximate surface area is 74.0 Å². The molecule has 0 aromatic rings. The SMILES string of the molecule is CC(CS)C1CCCCC1=O. The van der Waals surface area contributed by atoms with E-state index < -0.39 is 0 Å². The van der Waals surface area contributed by atoms with Gasteiger partial charge in [-0.05, 0) is 24.5 Å². The maximum atomic E-state index is 11.4. The smallest absolute Gasteiger partial charge is 0.136 e. The minimum absolute atomic E-state index is 0.321. The molecule has 1 rings (SSSR count). The minimum Gasteiger partial charge on any atom is -0.299 e. The van der Waals surface area contributed by atoms with Crippen molar-refractivity contribution in [2.75, 3.05) is 5.75 Å². The molecule has 2 unspecified atom stereocenters. The third-order valence-corrected chi connectivity index (χ3v) is 3.15. The van der Waals surface area contributed by atoms with Crippen LogP contribution in [0, 0.1) is 11.8 Å². The second-order valence-corrected chi connectivity index (χ2v) is 3.84. The lowest BCUT2D eigenvalue weighted by molar-refractivity contribution is -0.125. The number of carbonyl (C=O) groups excluding carboxylic acids is 1. The van der Waals surface area contributed by atoms with Gasteiger partial charge in [0.2, 0.25) is 0 Å². The van der Waals surface area contributed by atoms with Gasteiger partial charge in [0.25, 0.3) is 0 Å². The highest BCUT2D eigenvalue weighted by Crippen LogP contribution is 2.27. The van der Waals surface area contributed by atoms with E-state index in [-0.39, 0.29) is 0 Å². The highest BCUT2D eigenvalue weighted by atomic mass is 32.1. The van der Waals surface area contributed by atoms with E-state index in [0.717, 1.165) is 25.0 Å². The van der Waals surface area contributed by atoms with Crippen LogP contribution in [0.1, 0.15) is 32.6 Å². The molecule has 0 heterocycles. The van der Waals surface area contributed by atoms with Gasteiger partial charge in [-0.15, -0.1) is 0 Å². The summed E-state index contributed by atoms with van der Waals surface area (Å²) in [7, 11) is 0. The molecular weight excluding hydrogens is 156 g/mol. The fourth-order valence-electron chi connectivity index (χ4n) is 1.74. The second-order valence-electron chi connectivity index (χ2n) is 3.48. The van der Waals surface area contributed by atoms with Crippen LogP contribution in [-0.2, 0) is 4.79 Å². The van der Waals surface area contributed by atoms with Crippen molar-refractivity contribution in [3.05, 3.63) is 0 Å². The van der Waals surface area contributed by atoms with Crippen molar-refractivity contribution in [3.8, 4) is 0 Å². The minimum atomic E-state index is 0.321. The van der Waals surface area contributed by atoms with Gasteiger partial charge in [0.05, 0.1) is 0 Å². The summed E-state index contributed by atoms with van der Waals surface area (Å²) in [6, 6.07) is 0. The Morgan fingerprint density at radius 3 is 2.91 bits per heavy atom. The molecule has 1 fully saturated rings. The zero-order chi connectivity index (χ0) is 8.27. The summed E-state index contributed by atoms with van der Waals surface area (Å²) in [4.78, 5) is 11.4. The Balaban J connectivity index is 2.47. The fourth-order valence-corrected chi connectivity index (χ4v) is 1.99. The molecule has 1 aliphatic rings. The molecule has 0 aliphatic heterocycles. The lowest BCUT2D eigenvalue weighted by atomic mass is 9.81. The average molecular weight is 172 g/mol. The number of hydrogen-bond donors (Lipinski definition) is 1. The van der Waals surface area contributed by atoms with Crippen LogP contribution in [0.25, 0.3) is 0 Å². The summed E-state index contributed by atoms with van der Waals surface area (Å²) in [5, 5.41) is 0. The zero-order valence-corrected chi connectivity index (χ0v) is 7.94. The van der Waals surface area contributed by atoms with Gasteiger partial charge in [0.15, 0.2) is 0 Å². The van der Waals surface area contributed by atoms with Gasteiger partial charge in [0, 0.05) is 12.3 Å². The molecule has 1 saturated carbocycles. The van der Waals surface area contributed by atoms with Crippen LogP contribution in [0.15, 0.2) is 0 Å². The summed E-state index contributed by atoms with van der Waals surface area (Å²) < 4.78 is 0. The number of hydrogen-bond acceptors (Lipinski definition) is 2. The Morgan fingerprint density at radius 1 is 1.64 bits per heavy atom. The van der Waals surface area contributed by atoms with Crippen molar-refractivity contribution in [2.45, 2.75) is 32.6 Å². The molecule has 1 aliphatic carbocycles. The van der Waals surface area contributed by atoms with E-state index in [9.17, 15) is 4.79 Å². The first-order chi connectivity index (χ1) is 5.25. The number of ketones is 1. The van der Waals surface area contributed by atoms with Crippen LogP contribution in [-0.4, -0.2) is 11.5 Å². The molecule has 0 aromatic heterocycles. The summed E-state index contributed by atoms with van der Waals surface area (Å²) in [6.45, 7) is 2.13. The fraction of sp³-hybridized carbons (Fsp3) is 0.889. The van der Waals surface area contributed by atoms with Crippen molar-refractivity contribution in [1.82, 2.24) is 0 Å². The molecule has 0 spiro atoms. The van der Waals surface area contributed by atoms with E-state index in [1.54, 1.807) is 0 Å². The molecule has 1 nitrogen and oxygen atoms in total. The molecule has 0 N–H and O–H groups in total. The molecule has 64 valence electrons. The Bertz CT molecular complexity index is 144. The monoisotopic (exact) mass is 172 g/mol. The Hall–Kier alpha value is 0.0200. The maximum Gasteiger partial charge on any atom is 0.136 e. The third kappa shape index (κ3) is 2.22. The van der Waals surface area contributed by atoms with Gasteiger partial charge in [-0.1, -0.05) is 13.3 Å².